The van der Waals surface area contributed by atoms with Gasteiger partial charge >= 0.3 is 0 Å². The third kappa shape index (κ3) is 2.48. The third-order valence-corrected chi connectivity index (χ3v) is 2.48. The fourth-order valence-electron chi connectivity index (χ4n) is 0.764. The standard InChI is InChI=1S/C9H13ClN2O2/c1-6-4-7(14-12-6)11-8(13)9(2,3)5-10/h4H,5H2,1-3H3,(H,11,13). The van der Waals surface area contributed by atoms with E-state index in [0.717, 1.165) is 5.69 Å². The number of alkyl halides is 1. The van der Waals surface area contributed by atoms with Crippen molar-refractivity contribution in [3.05, 3.63) is 11.8 Å². The topological polar surface area (TPSA) is 55.1 Å². The van der Waals surface area contributed by atoms with Crippen molar-refractivity contribution >= 4 is 23.4 Å². The van der Waals surface area contributed by atoms with Crippen LogP contribution in [0.2, 0.25) is 0 Å². The first-order chi connectivity index (χ1) is 6.45. The molecule has 0 saturated carbocycles. The Bertz CT molecular complexity index is 333. The van der Waals surface area contributed by atoms with Gasteiger partial charge in [-0.2, -0.15) is 0 Å². The molecule has 1 heterocycles. The molecule has 1 aromatic rings. The molecule has 0 saturated heterocycles. The van der Waals surface area contributed by atoms with E-state index < -0.39 is 5.41 Å². The highest BCUT2D eigenvalue weighted by Gasteiger charge is 2.27. The number of nitrogens with one attached hydrogen (secondary N) is 1. The van der Waals surface area contributed by atoms with E-state index in [1.54, 1.807) is 26.8 Å². The molecule has 0 spiro atoms. The average molecular weight is 217 g/mol. The first-order valence-corrected chi connectivity index (χ1v) is 4.80. The van der Waals surface area contributed by atoms with Gasteiger partial charge < -0.3 is 4.52 Å². The summed E-state index contributed by atoms with van der Waals surface area (Å²) in [6.07, 6.45) is 0. The summed E-state index contributed by atoms with van der Waals surface area (Å²) in [5, 5.41) is 6.26. The number of carbonyl (C=O) groups excluding carboxylic acids is 1. The summed E-state index contributed by atoms with van der Waals surface area (Å²) in [5.41, 5.74) is 0.117. The second-order valence-electron chi connectivity index (χ2n) is 3.80. The highest BCUT2D eigenvalue weighted by molar-refractivity contribution is 6.20. The molecule has 0 fully saturated rings. The van der Waals surface area contributed by atoms with E-state index in [2.05, 4.69) is 10.5 Å². The number of anilines is 1. The van der Waals surface area contributed by atoms with Crippen LogP contribution in [0.3, 0.4) is 0 Å². The molecule has 5 heteroatoms. The average Bonchev–Trinajstić information content (AvgIpc) is 2.51. The molecule has 0 unspecified atom stereocenters. The molecule has 1 amide bonds. The van der Waals surface area contributed by atoms with Gasteiger partial charge in [-0.3, -0.25) is 10.1 Å². The Labute approximate surface area is 87.6 Å². The molecule has 1 N–H and O–H groups in total. The quantitative estimate of drug-likeness (QED) is 0.788. The Morgan fingerprint density at radius 1 is 1.71 bits per heavy atom. The van der Waals surface area contributed by atoms with Gasteiger partial charge in [0.25, 0.3) is 0 Å². The minimum atomic E-state index is -0.609. The predicted molar refractivity (Wildman–Crippen MR) is 54.4 cm³/mol. The lowest BCUT2D eigenvalue weighted by atomic mass is 9.95. The maximum absolute atomic E-state index is 11.6. The number of aromatic nitrogens is 1. The number of aryl methyl sites for hydroxylation is 1. The van der Waals surface area contributed by atoms with Gasteiger partial charge in [0, 0.05) is 11.9 Å². The van der Waals surface area contributed by atoms with Crippen LogP contribution in [-0.2, 0) is 4.79 Å². The molecular weight excluding hydrogens is 204 g/mol. The van der Waals surface area contributed by atoms with Crippen molar-refractivity contribution in [3.8, 4) is 0 Å². The molecule has 1 aromatic heterocycles. The maximum Gasteiger partial charge on any atom is 0.233 e. The molecule has 0 aliphatic rings. The number of hydrogen-bond acceptors (Lipinski definition) is 3. The van der Waals surface area contributed by atoms with E-state index in [0.29, 0.717) is 5.88 Å². The van der Waals surface area contributed by atoms with E-state index in [9.17, 15) is 4.79 Å². The summed E-state index contributed by atoms with van der Waals surface area (Å²) in [6.45, 7) is 5.31. The zero-order valence-electron chi connectivity index (χ0n) is 8.43. The van der Waals surface area contributed by atoms with Gasteiger partial charge in [-0.25, -0.2) is 0 Å². The molecule has 0 radical (unpaired) electrons. The Morgan fingerprint density at radius 2 is 2.36 bits per heavy atom. The van der Waals surface area contributed by atoms with Crippen LogP contribution in [0, 0.1) is 12.3 Å². The van der Waals surface area contributed by atoms with Crippen LogP contribution in [0.25, 0.3) is 0 Å². The van der Waals surface area contributed by atoms with Crippen molar-refractivity contribution in [2.45, 2.75) is 20.8 Å². The fourth-order valence-corrected chi connectivity index (χ4v) is 0.886. The number of hydrogen-bond donors (Lipinski definition) is 1. The molecule has 0 aliphatic heterocycles. The van der Waals surface area contributed by atoms with Crippen molar-refractivity contribution in [2.75, 3.05) is 11.2 Å². The van der Waals surface area contributed by atoms with E-state index in [4.69, 9.17) is 16.1 Å². The van der Waals surface area contributed by atoms with Crippen LogP contribution < -0.4 is 5.32 Å². The van der Waals surface area contributed by atoms with Crippen molar-refractivity contribution in [1.29, 1.82) is 0 Å². The van der Waals surface area contributed by atoms with Crippen molar-refractivity contribution in [2.24, 2.45) is 5.41 Å². The van der Waals surface area contributed by atoms with Gasteiger partial charge in [-0.15, -0.1) is 11.6 Å². The third-order valence-electron chi connectivity index (χ3n) is 1.81. The molecular formula is C9H13ClN2O2. The second-order valence-corrected chi connectivity index (χ2v) is 4.07. The Balaban J connectivity index is 2.66. The van der Waals surface area contributed by atoms with Crippen LogP contribution in [0.1, 0.15) is 19.5 Å². The number of halogens is 1. The van der Waals surface area contributed by atoms with Gasteiger partial charge in [-0.05, 0) is 20.8 Å². The maximum atomic E-state index is 11.6. The van der Waals surface area contributed by atoms with Crippen LogP contribution in [-0.4, -0.2) is 16.9 Å². The molecule has 1 rings (SSSR count). The largest absolute Gasteiger partial charge is 0.338 e. The molecule has 0 aromatic carbocycles. The zero-order chi connectivity index (χ0) is 10.8. The number of amides is 1. The Morgan fingerprint density at radius 3 is 2.79 bits per heavy atom. The van der Waals surface area contributed by atoms with Gasteiger partial charge in [0.05, 0.1) is 11.1 Å². The lowest BCUT2D eigenvalue weighted by molar-refractivity contribution is -0.123. The summed E-state index contributed by atoms with van der Waals surface area (Å²) in [7, 11) is 0. The summed E-state index contributed by atoms with van der Waals surface area (Å²) < 4.78 is 4.85. The van der Waals surface area contributed by atoms with Crippen LogP contribution in [0.15, 0.2) is 10.6 Å². The first kappa shape index (κ1) is 11.0. The summed E-state index contributed by atoms with van der Waals surface area (Å²) in [5.74, 6) is 0.431. The first-order valence-electron chi connectivity index (χ1n) is 4.26. The lowest BCUT2D eigenvalue weighted by Gasteiger charge is -2.18. The predicted octanol–water partition coefficient (Wildman–Crippen LogP) is 2.19. The lowest BCUT2D eigenvalue weighted by Crippen LogP contribution is -2.32. The van der Waals surface area contributed by atoms with Gasteiger partial charge in [0.2, 0.25) is 11.8 Å². The molecule has 0 bridgehead atoms. The minimum absolute atomic E-state index is 0.177. The number of nitrogens with zero attached hydrogens (tertiary/aromatic N) is 1. The SMILES string of the molecule is Cc1cc(NC(=O)C(C)(C)CCl)on1. The smallest absolute Gasteiger partial charge is 0.233 e. The second kappa shape index (κ2) is 4.00. The zero-order valence-corrected chi connectivity index (χ0v) is 9.18. The van der Waals surface area contributed by atoms with E-state index in [-0.39, 0.29) is 11.8 Å². The van der Waals surface area contributed by atoms with E-state index in [1.807, 2.05) is 0 Å². The van der Waals surface area contributed by atoms with Crippen LogP contribution in [0.5, 0.6) is 0 Å². The van der Waals surface area contributed by atoms with Gasteiger partial charge in [-0.1, -0.05) is 5.16 Å². The Hall–Kier alpha value is -1.03. The van der Waals surface area contributed by atoms with Gasteiger partial charge in [0.1, 0.15) is 0 Å². The molecule has 78 valence electrons. The van der Waals surface area contributed by atoms with Gasteiger partial charge in [0.15, 0.2) is 0 Å². The molecule has 4 nitrogen and oxygen atoms in total. The summed E-state index contributed by atoms with van der Waals surface area (Å²) in [6, 6.07) is 1.65. The summed E-state index contributed by atoms with van der Waals surface area (Å²) >= 11 is 5.65. The highest BCUT2D eigenvalue weighted by Crippen LogP contribution is 2.20. The van der Waals surface area contributed by atoms with Crippen LogP contribution in [0.4, 0.5) is 5.88 Å². The Kier molecular flexibility index (Phi) is 3.16. The van der Waals surface area contributed by atoms with Crippen molar-refractivity contribution in [3.63, 3.8) is 0 Å². The van der Waals surface area contributed by atoms with E-state index >= 15 is 0 Å². The molecule has 14 heavy (non-hydrogen) atoms. The summed E-state index contributed by atoms with van der Waals surface area (Å²) in [4.78, 5) is 11.6. The van der Waals surface area contributed by atoms with E-state index in [1.165, 1.54) is 0 Å². The number of rotatable bonds is 3. The fraction of sp³-hybridized carbons (Fsp3) is 0.556. The minimum Gasteiger partial charge on any atom is -0.338 e. The molecule has 0 aliphatic carbocycles. The van der Waals surface area contributed by atoms with Crippen LogP contribution >= 0.6 is 11.6 Å². The monoisotopic (exact) mass is 216 g/mol. The van der Waals surface area contributed by atoms with Crippen molar-refractivity contribution < 1.29 is 9.32 Å². The van der Waals surface area contributed by atoms with Crippen molar-refractivity contribution in [1.82, 2.24) is 5.16 Å². The normalized spacial score (nSPS) is 11.4. The molecule has 0 atom stereocenters. The highest BCUT2D eigenvalue weighted by atomic mass is 35.5. The number of carbonyl (C=O) groups is 1.